The number of rotatable bonds is 16. The number of ether oxygens (including phenoxy) is 4. The summed E-state index contributed by atoms with van der Waals surface area (Å²) in [5.74, 6) is -3.34. The van der Waals surface area contributed by atoms with Crippen molar-refractivity contribution in [3.63, 3.8) is 0 Å². The summed E-state index contributed by atoms with van der Waals surface area (Å²) < 4.78 is 21.7. The Kier molecular flexibility index (Phi) is 18.5. The first-order valence-electron chi connectivity index (χ1n) is 9.15. The molecular formula is C18H34O6Ti. The summed E-state index contributed by atoms with van der Waals surface area (Å²) >= 11 is 0. The minimum Gasteiger partial charge on any atom is -0.462 e. The standard InChI is InChI=1S/C18H34O6.Ti/c1-5-9-12-21-15-16(19)18(17(20)22-8-4,23-13-10-6-2)24-14-11-7-3;/h5-15H2,1-4H3;. The molecule has 0 saturated heterocycles. The molecule has 0 aliphatic rings. The Morgan fingerprint density at radius 3 is 1.72 bits per heavy atom. The third kappa shape index (κ3) is 10.5. The average Bonchev–Trinajstić information content (AvgIpc) is 2.57. The number of esters is 1. The maximum atomic E-state index is 12.7. The molecule has 0 atom stereocenters. The molecule has 0 rings (SSSR count). The molecule has 0 aromatic carbocycles. The number of Topliss-reactive ketones (excluding diaryl/α,β-unsaturated/α-hetero) is 1. The number of unbranched alkanes of at least 4 members (excludes halogenated alkanes) is 3. The molecule has 6 nitrogen and oxygen atoms in total. The summed E-state index contributed by atoms with van der Waals surface area (Å²) in [4.78, 5) is 25.1. The van der Waals surface area contributed by atoms with Crippen molar-refractivity contribution in [3.05, 3.63) is 0 Å². The first-order valence-corrected chi connectivity index (χ1v) is 9.15. The van der Waals surface area contributed by atoms with Crippen molar-refractivity contribution in [3.8, 4) is 0 Å². The van der Waals surface area contributed by atoms with Gasteiger partial charge in [-0.1, -0.05) is 40.0 Å². The number of hydrogen-bond donors (Lipinski definition) is 0. The van der Waals surface area contributed by atoms with E-state index < -0.39 is 17.5 Å². The Hall–Kier alpha value is -0.266. The number of ketones is 1. The van der Waals surface area contributed by atoms with Crippen LogP contribution in [-0.4, -0.2) is 50.6 Å². The minimum absolute atomic E-state index is 0. The third-order valence-electron chi connectivity index (χ3n) is 3.39. The van der Waals surface area contributed by atoms with Crippen molar-refractivity contribution in [2.45, 2.75) is 72.0 Å². The van der Waals surface area contributed by atoms with Gasteiger partial charge in [-0.25, -0.2) is 4.79 Å². The second-order valence-electron chi connectivity index (χ2n) is 5.57. The van der Waals surface area contributed by atoms with Gasteiger partial charge in [-0.15, -0.1) is 0 Å². The second kappa shape index (κ2) is 17.2. The topological polar surface area (TPSA) is 71.1 Å². The van der Waals surface area contributed by atoms with Crippen LogP contribution in [0, 0.1) is 0 Å². The van der Waals surface area contributed by atoms with Crippen molar-refractivity contribution in [2.24, 2.45) is 0 Å². The maximum absolute atomic E-state index is 12.7. The van der Waals surface area contributed by atoms with Gasteiger partial charge in [0.2, 0.25) is 5.78 Å². The molecule has 0 spiro atoms. The monoisotopic (exact) mass is 394 g/mol. The van der Waals surface area contributed by atoms with Crippen molar-refractivity contribution >= 4 is 11.8 Å². The first kappa shape index (κ1) is 27.0. The Balaban J connectivity index is 0. The smallest absolute Gasteiger partial charge is 0.375 e. The molecule has 0 radical (unpaired) electrons. The fourth-order valence-electron chi connectivity index (χ4n) is 1.89. The zero-order valence-electron chi connectivity index (χ0n) is 16.2. The summed E-state index contributed by atoms with van der Waals surface area (Å²) in [6.07, 6.45) is 5.04. The van der Waals surface area contributed by atoms with Gasteiger partial charge >= 0.3 is 11.8 Å². The van der Waals surface area contributed by atoms with Crippen LogP contribution >= 0.6 is 0 Å². The molecule has 7 heteroatoms. The second-order valence-corrected chi connectivity index (χ2v) is 5.57. The van der Waals surface area contributed by atoms with E-state index in [4.69, 9.17) is 18.9 Å². The van der Waals surface area contributed by atoms with Crippen LogP contribution < -0.4 is 0 Å². The Morgan fingerprint density at radius 2 is 1.28 bits per heavy atom. The van der Waals surface area contributed by atoms with Crippen molar-refractivity contribution in [2.75, 3.05) is 33.0 Å². The van der Waals surface area contributed by atoms with E-state index in [0.29, 0.717) is 6.61 Å². The molecule has 0 aliphatic carbocycles. The molecule has 0 saturated carbocycles. The van der Waals surface area contributed by atoms with Crippen molar-refractivity contribution < 1.29 is 50.3 Å². The summed E-state index contributed by atoms with van der Waals surface area (Å²) in [6, 6.07) is 0. The van der Waals surface area contributed by atoms with Crippen molar-refractivity contribution in [1.29, 1.82) is 0 Å². The molecule has 0 aromatic heterocycles. The van der Waals surface area contributed by atoms with E-state index in [1.54, 1.807) is 6.92 Å². The summed E-state index contributed by atoms with van der Waals surface area (Å²) in [6.45, 7) is 8.62. The SMILES string of the molecule is CCCCOCC(=O)C(OCCCC)(OCCCC)C(=O)OCC.[Ti]. The summed E-state index contributed by atoms with van der Waals surface area (Å²) in [7, 11) is 0. The quantitative estimate of drug-likeness (QED) is 0.132. The molecule has 146 valence electrons. The molecule has 0 aromatic rings. The van der Waals surface area contributed by atoms with Crippen LogP contribution in [0.2, 0.25) is 0 Å². The van der Waals surface area contributed by atoms with E-state index in [0.717, 1.165) is 38.5 Å². The van der Waals surface area contributed by atoms with Gasteiger partial charge in [-0.05, 0) is 26.2 Å². The van der Waals surface area contributed by atoms with Crippen molar-refractivity contribution in [1.82, 2.24) is 0 Å². The minimum atomic E-state index is -2.01. The van der Waals surface area contributed by atoms with Gasteiger partial charge in [0.25, 0.3) is 0 Å². The summed E-state index contributed by atoms with van der Waals surface area (Å²) in [5, 5.41) is 0. The molecule has 0 aliphatic heterocycles. The van der Waals surface area contributed by atoms with E-state index in [1.165, 1.54) is 0 Å². The van der Waals surface area contributed by atoms with E-state index in [-0.39, 0.29) is 48.1 Å². The van der Waals surface area contributed by atoms with E-state index in [1.807, 2.05) is 20.8 Å². The molecule has 0 fully saturated rings. The van der Waals surface area contributed by atoms with Crippen LogP contribution in [0.4, 0.5) is 0 Å². The third-order valence-corrected chi connectivity index (χ3v) is 3.39. The molecular weight excluding hydrogens is 360 g/mol. The van der Waals surface area contributed by atoms with E-state index in [2.05, 4.69) is 0 Å². The fraction of sp³-hybridized carbons (Fsp3) is 0.889. The van der Waals surface area contributed by atoms with Crippen LogP contribution in [0.1, 0.15) is 66.2 Å². The summed E-state index contributed by atoms with van der Waals surface area (Å²) in [5.41, 5.74) is 0. The molecule has 25 heavy (non-hydrogen) atoms. The predicted octanol–water partition coefficient (Wildman–Crippen LogP) is 3.26. The maximum Gasteiger partial charge on any atom is 0.375 e. The Bertz CT molecular complexity index is 338. The molecule has 0 unspecified atom stereocenters. The van der Waals surface area contributed by atoms with Crippen LogP contribution in [0.5, 0.6) is 0 Å². The molecule has 0 heterocycles. The van der Waals surface area contributed by atoms with Gasteiger partial charge in [0.05, 0.1) is 19.8 Å². The van der Waals surface area contributed by atoms with E-state index >= 15 is 0 Å². The zero-order chi connectivity index (χ0) is 18.3. The number of carbonyl (C=O) groups is 2. The van der Waals surface area contributed by atoms with Gasteiger partial charge in [0, 0.05) is 28.3 Å². The first-order chi connectivity index (χ1) is 11.6. The van der Waals surface area contributed by atoms with E-state index in [9.17, 15) is 9.59 Å². The average molecular weight is 394 g/mol. The largest absolute Gasteiger partial charge is 0.462 e. The van der Waals surface area contributed by atoms with Crippen LogP contribution in [0.3, 0.4) is 0 Å². The van der Waals surface area contributed by atoms with Crippen LogP contribution in [0.15, 0.2) is 0 Å². The van der Waals surface area contributed by atoms with Gasteiger partial charge in [0.1, 0.15) is 6.61 Å². The number of hydrogen-bond acceptors (Lipinski definition) is 6. The van der Waals surface area contributed by atoms with Crippen LogP contribution in [0.25, 0.3) is 0 Å². The van der Waals surface area contributed by atoms with Gasteiger partial charge < -0.3 is 18.9 Å². The van der Waals surface area contributed by atoms with Gasteiger partial charge in [-0.3, -0.25) is 4.79 Å². The van der Waals surface area contributed by atoms with Gasteiger partial charge in [0.15, 0.2) is 0 Å². The zero-order valence-corrected chi connectivity index (χ0v) is 17.8. The Labute approximate surface area is 167 Å². The Morgan fingerprint density at radius 1 is 0.800 bits per heavy atom. The molecule has 0 N–H and O–H groups in total. The molecule has 0 amide bonds. The fourth-order valence-corrected chi connectivity index (χ4v) is 1.89. The molecule has 0 bridgehead atoms. The predicted molar refractivity (Wildman–Crippen MR) is 91.8 cm³/mol. The van der Waals surface area contributed by atoms with Crippen LogP contribution in [-0.2, 0) is 50.3 Å². The van der Waals surface area contributed by atoms with Gasteiger partial charge in [-0.2, -0.15) is 0 Å². The number of carbonyl (C=O) groups excluding carboxylic acids is 2. The normalized spacial score (nSPS) is 11.0.